The molecule has 1 fully saturated rings. The van der Waals surface area contributed by atoms with Crippen LogP contribution in [0.15, 0.2) is 47.4 Å². The van der Waals surface area contributed by atoms with Gasteiger partial charge in [-0.05, 0) is 55.8 Å². The van der Waals surface area contributed by atoms with E-state index in [4.69, 9.17) is 16.3 Å². The average molecular weight is 460 g/mol. The van der Waals surface area contributed by atoms with Crippen LogP contribution in [0.3, 0.4) is 0 Å². The number of carbonyl (C=O) groups is 1. The molecule has 3 aromatic rings. The van der Waals surface area contributed by atoms with Crippen LogP contribution in [-0.2, 0) is 14.8 Å². The number of sulfonamides is 1. The number of fused-ring (bicyclic) bond motifs is 1. The highest BCUT2D eigenvalue weighted by Gasteiger charge is 2.27. The molecule has 1 aliphatic heterocycles. The molecule has 0 saturated carbocycles. The molecule has 4 rings (SSSR count). The Morgan fingerprint density at radius 1 is 1.10 bits per heavy atom. The van der Waals surface area contributed by atoms with Crippen LogP contribution >= 0.6 is 11.6 Å². The first-order chi connectivity index (χ1) is 14.8. The van der Waals surface area contributed by atoms with Crippen molar-refractivity contribution in [3.8, 4) is 0 Å². The van der Waals surface area contributed by atoms with Crippen molar-refractivity contribution in [3.63, 3.8) is 0 Å². The summed E-state index contributed by atoms with van der Waals surface area (Å²) in [5.74, 6) is -0.365. The maximum Gasteiger partial charge on any atom is 0.257 e. The monoisotopic (exact) mass is 459 g/mol. The summed E-state index contributed by atoms with van der Waals surface area (Å²) in [6.45, 7) is 4.92. The second-order valence-corrected chi connectivity index (χ2v) is 9.78. The van der Waals surface area contributed by atoms with Gasteiger partial charge in [-0.25, -0.2) is 8.42 Å². The van der Waals surface area contributed by atoms with E-state index in [1.54, 1.807) is 43.3 Å². The standard InChI is InChI=1S/C22H22ClN3O4S/c1-14-3-5-18(31(28,29)26-7-9-30-10-8-26)13-21(14)25-22(27)19-12-16-11-17(23)4-6-20(16)24-15(19)2/h3-6,11-13H,7-10H2,1-2H3,(H,25,27). The molecule has 0 bridgehead atoms. The third-order valence-corrected chi connectivity index (χ3v) is 7.41. The molecule has 0 unspecified atom stereocenters. The zero-order valence-electron chi connectivity index (χ0n) is 17.2. The number of rotatable bonds is 4. The largest absolute Gasteiger partial charge is 0.379 e. The van der Waals surface area contributed by atoms with E-state index in [1.807, 2.05) is 6.92 Å². The average Bonchev–Trinajstić information content (AvgIpc) is 2.75. The molecule has 7 nitrogen and oxygen atoms in total. The van der Waals surface area contributed by atoms with Crippen molar-refractivity contribution in [1.29, 1.82) is 0 Å². The fraction of sp³-hybridized carbons (Fsp3) is 0.273. The normalized spacial score (nSPS) is 15.2. The van der Waals surface area contributed by atoms with Crippen LogP contribution in [0.5, 0.6) is 0 Å². The fourth-order valence-electron chi connectivity index (χ4n) is 3.50. The predicted octanol–water partition coefficient (Wildman–Crippen LogP) is 3.78. The highest BCUT2D eigenvalue weighted by atomic mass is 35.5. The van der Waals surface area contributed by atoms with Crippen LogP contribution in [-0.4, -0.2) is 49.9 Å². The zero-order chi connectivity index (χ0) is 22.2. The molecular weight excluding hydrogens is 438 g/mol. The van der Waals surface area contributed by atoms with E-state index in [9.17, 15) is 13.2 Å². The number of morpholine rings is 1. The minimum atomic E-state index is -3.67. The summed E-state index contributed by atoms with van der Waals surface area (Å²) in [5.41, 5.74) is 2.90. The number of halogens is 1. The van der Waals surface area contributed by atoms with E-state index in [0.29, 0.717) is 48.3 Å². The van der Waals surface area contributed by atoms with E-state index in [0.717, 1.165) is 16.5 Å². The van der Waals surface area contributed by atoms with Gasteiger partial charge in [0.1, 0.15) is 0 Å². The van der Waals surface area contributed by atoms with Gasteiger partial charge in [0, 0.05) is 29.2 Å². The lowest BCUT2D eigenvalue weighted by molar-refractivity contribution is 0.0730. The van der Waals surface area contributed by atoms with Crippen LogP contribution in [0.1, 0.15) is 21.6 Å². The molecule has 2 heterocycles. The van der Waals surface area contributed by atoms with Gasteiger partial charge in [-0.3, -0.25) is 9.78 Å². The van der Waals surface area contributed by atoms with Gasteiger partial charge in [-0.15, -0.1) is 0 Å². The molecule has 162 valence electrons. The molecule has 0 aliphatic carbocycles. The van der Waals surface area contributed by atoms with Crippen LogP contribution < -0.4 is 5.32 Å². The molecule has 1 N–H and O–H groups in total. The molecule has 1 saturated heterocycles. The Labute approximate surface area is 186 Å². The summed E-state index contributed by atoms with van der Waals surface area (Å²) in [4.78, 5) is 17.6. The molecule has 0 radical (unpaired) electrons. The third-order valence-electron chi connectivity index (χ3n) is 5.28. The van der Waals surface area contributed by atoms with Crippen molar-refractivity contribution >= 4 is 44.1 Å². The van der Waals surface area contributed by atoms with E-state index >= 15 is 0 Å². The SMILES string of the molecule is Cc1ccc(S(=O)(=O)N2CCOCC2)cc1NC(=O)c1cc2cc(Cl)ccc2nc1C. The first kappa shape index (κ1) is 21.7. The number of nitrogens with zero attached hydrogens (tertiary/aromatic N) is 2. The van der Waals surface area contributed by atoms with E-state index < -0.39 is 10.0 Å². The summed E-state index contributed by atoms with van der Waals surface area (Å²) in [5, 5.41) is 4.15. The summed E-state index contributed by atoms with van der Waals surface area (Å²) in [6, 6.07) is 11.8. The van der Waals surface area contributed by atoms with Crippen molar-refractivity contribution < 1.29 is 17.9 Å². The van der Waals surface area contributed by atoms with Gasteiger partial charge in [0.15, 0.2) is 0 Å². The number of hydrogen-bond acceptors (Lipinski definition) is 5. The van der Waals surface area contributed by atoms with Crippen LogP contribution in [0.25, 0.3) is 10.9 Å². The molecule has 9 heteroatoms. The Balaban J connectivity index is 1.65. The van der Waals surface area contributed by atoms with Crippen LogP contribution in [0, 0.1) is 13.8 Å². The summed E-state index contributed by atoms with van der Waals surface area (Å²) >= 11 is 6.07. The number of pyridine rings is 1. The Morgan fingerprint density at radius 3 is 2.58 bits per heavy atom. The van der Waals surface area contributed by atoms with Gasteiger partial charge in [0.2, 0.25) is 10.0 Å². The van der Waals surface area contributed by atoms with Gasteiger partial charge >= 0.3 is 0 Å². The Kier molecular flexibility index (Phi) is 5.98. The highest BCUT2D eigenvalue weighted by molar-refractivity contribution is 7.89. The van der Waals surface area contributed by atoms with Gasteiger partial charge in [0.25, 0.3) is 5.91 Å². The number of hydrogen-bond donors (Lipinski definition) is 1. The number of benzene rings is 2. The van der Waals surface area contributed by atoms with E-state index in [2.05, 4.69) is 10.3 Å². The maximum atomic E-state index is 13.0. The second kappa shape index (κ2) is 8.55. The second-order valence-electron chi connectivity index (χ2n) is 7.41. The quantitative estimate of drug-likeness (QED) is 0.641. The topological polar surface area (TPSA) is 88.6 Å². The fourth-order valence-corrected chi connectivity index (χ4v) is 5.11. The minimum Gasteiger partial charge on any atom is -0.379 e. The third kappa shape index (κ3) is 4.43. The molecular formula is C22H22ClN3O4S. The number of aryl methyl sites for hydroxylation is 2. The van der Waals surface area contributed by atoms with Crippen molar-refractivity contribution in [2.24, 2.45) is 0 Å². The molecule has 1 amide bonds. The summed E-state index contributed by atoms with van der Waals surface area (Å²) in [6.07, 6.45) is 0. The van der Waals surface area contributed by atoms with Gasteiger partial charge < -0.3 is 10.1 Å². The lowest BCUT2D eigenvalue weighted by Crippen LogP contribution is -2.40. The molecule has 0 spiro atoms. The molecule has 31 heavy (non-hydrogen) atoms. The first-order valence-electron chi connectivity index (χ1n) is 9.82. The van der Waals surface area contributed by atoms with Crippen molar-refractivity contribution in [2.45, 2.75) is 18.7 Å². The smallest absolute Gasteiger partial charge is 0.257 e. The number of amides is 1. The van der Waals surface area contributed by atoms with Gasteiger partial charge in [-0.2, -0.15) is 4.31 Å². The van der Waals surface area contributed by atoms with Gasteiger partial charge in [-0.1, -0.05) is 17.7 Å². The Hall–Kier alpha value is -2.52. The van der Waals surface area contributed by atoms with Gasteiger partial charge in [0.05, 0.1) is 34.9 Å². The molecule has 2 aromatic carbocycles. The number of aromatic nitrogens is 1. The number of ether oxygens (including phenoxy) is 1. The number of carbonyl (C=O) groups excluding carboxylic acids is 1. The maximum absolute atomic E-state index is 13.0. The van der Waals surface area contributed by atoms with Crippen LogP contribution in [0.2, 0.25) is 5.02 Å². The number of nitrogens with one attached hydrogen (secondary N) is 1. The Morgan fingerprint density at radius 2 is 1.84 bits per heavy atom. The number of anilines is 1. The first-order valence-corrected chi connectivity index (χ1v) is 11.6. The molecule has 0 atom stereocenters. The summed E-state index contributed by atoms with van der Waals surface area (Å²) < 4.78 is 32.6. The zero-order valence-corrected chi connectivity index (χ0v) is 18.8. The predicted molar refractivity (Wildman–Crippen MR) is 120 cm³/mol. The van der Waals surface area contributed by atoms with E-state index in [-0.39, 0.29) is 10.8 Å². The summed E-state index contributed by atoms with van der Waals surface area (Å²) in [7, 11) is -3.67. The Bertz CT molecular complexity index is 1270. The lowest BCUT2D eigenvalue weighted by atomic mass is 10.1. The van der Waals surface area contributed by atoms with Crippen molar-refractivity contribution in [3.05, 3.63) is 64.3 Å². The van der Waals surface area contributed by atoms with Crippen molar-refractivity contribution in [2.75, 3.05) is 31.6 Å². The van der Waals surface area contributed by atoms with E-state index in [1.165, 1.54) is 10.4 Å². The minimum absolute atomic E-state index is 0.135. The highest BCUT2D eigenvalue weighted by Crippen LogP contribution is 2.25. The van der Waals surface area contributed by atoms with Crippen molar-refractivity contribution in [1.82, 2.24) is 9.29 Å². The van der Waals surface area contributed by atoms with Crippen LogP contribution in [0.4, 0.5) is 5.69 Å². The lowest BCUT2D eigenvalue weighted by Gasteiger charge is -2.26. The molecule has 1 aliphatic rings. The molecule has 1 aromatic heterocycles.